The molecule has 4 aromatic carbocycles. The molecule has 270 valence electrons. The Morgan fingerprint density at radius 1 is 0.529 bits per heavy atom. The van der Waals surface area contributed by atoms with Gasteiger partial charge in [-0.15, -0.1) is 0 Å². The van der Waals surface area contributed by atoms with Crippen LogP contribution in [0.1, 0.15) is 74.6 Å². The highest BCUT2D eigenvalue weighted by Crippen LogP contribution is 2.48. The van der Waals surface area contributed by atoms with Crippen LogP contribution in [-0.4, -0.2) is 70.9 Å². The SMILES string of the molecule is CC1(CO)CCC(c2ccc(O)cc2)=C(c2ccc(O)cc2)C1.CN(C)CCOc1ccc(C2=C(c3ccc(O)cc3)CCC(C)(CO)C2)cc1. The summed E-state index contributed by atoms with van der Waals surface area (Å²) in [6.07, 6.45) is 5.32. The van der Waals surface area contributed by atoms with Crippen molar-refractivity contribution in [1.82, 2.24) is 4.90 Å². The minimum Gasteiger partial charge on any atom is -0.508 e. The molecule has 0 aliphatic heterocycles. The van der Waals surface area contributed by atoms with Crippen LogP contribution >= 0.6 is 0 Å². The van der Waals surface area contributed by atoms with Gasteiger partial charge in [-0.05, 0) is 157 Å². The predicted molar refractivity (Wildman–Crippen MR) is 207 cm³/mol. The molecule has 2 atom stereocenters. The van der Waals surface area contributed by atoms with Gasteiger partial charge in [0.2, 0.25) is 0 Å². The maximum absolute atomic E-state index is 9.91. The van der Waals surface area contributed by atoms with Crippen molar-refractivity contribution in [3.05, 3.63) is 119 Å². The largest absolute Gasteiger partial charge is 0.508 e. The summed E-state index contributed by atoms with van der Waals surface area (Å²) in [6.45, 7) is 6.16. The van der Waals surface area contributed by atoms with Crippen molar-refractivity contribution in [2.75, 3.05) is 40.5 Å². The summed E-state index contributed by atoms with van der Waals surface area (Å²) in [6, 6.07) is 30.2. The Morgan fingerprint density at radius 3 is 1.20 bits per heavy atom. The van der Waals surface area contributed by atoms with Crippen LogP contribution in [0.2, 0.25) is 0 Å². The van der Waals surface area contributed by atoms with Crippen molar-refractivity contribution < 1.29 is 30.3 Å². The molecule has 51 heavy (non-hydrogen) atoms. The average molecular weight is 692 g/mol. The number of phenols is 3. The van der Waals surface area contributed by atoms with Gasteiger partial charge in [-0.1, -0.05) is 62.4 Å². The zero-order valence-electron chi connectivity index (χ0n) is 30.4. The fourth-order valence-corrected chi connectivity index (χ4v) is 6.94. The van der Waals surface area contributed by atoms with Gasteiger partial charge in [-0.25, -0.2) is 0 Å². The van der Waals surface area contributed by atoms with Crippen molar-refractivity contribution in [1.29, 1.82) is 0 Å². The molecule has 0 aromatic heterocycles. The van der Waals surface area contributed by atoms with Gasteiger partial charge < -0.3 is 35.2 Å². The zero-order valence-corrected chi connectivity index (χ0v) is 30.4. The number of hydrogen-bond acceptors (Lipinski definition) is 7. The number of phenolic OH excluding ortho intramolecular Hbond substituents is 3. The van der Waals surface area contributed by atoms with Gasteiger partial charge in [0.1, 0.15) is 29.6 Å². The lowest BCUT2D eigenvalue weighted by atomic mass is 9.70. The van der Waals surface area contributed by atoms with E-state index in [-0.39, 0.29) is 41.3 Å². The molecule has 2 aliphatic carbocycles. The van der Waals surface area contributed by atoms with E-state index < -0.39 is 0 Å². The minimum atomic E-state index is -0.117. The number of nitrogens with zero attached hydrogens (tertiary/aromatic N) is 1. The molecule has 4 aromatic rings. The van der Waals surface area contributed by atoms with Gasteiger partial charge in [0.05, 0.1) is 0 Å². The van der Waals surface area contributed by atoms with E-state index in [1.54, 1.807) is 36.4 Å². The number of rotatable bonds is 10. The Labute approximate surface area is 302 Å². The summed E-state index contributed by atoms with van der Waals surface area (Å²) >= 11 is 0. The van der Waals surface area contributed by atoms with Crippen molar-refractivity contribution in [3.63, 3.8) is 0 Å². The van der Waals surface area contributed by atoms with Crippen molar-refractivity contribution >= 4 is 22.3 Å². The Kier molecular flexibility index (Phi) is 12.3. The number of allylic oxidation sites excluding steroid dienone is 4. The van der Waals surface area contributed by atoms with E-state index in [1.807, 2.05) is 62.6 Å². The monoisotopic (exact) mass is 691 g/mol. The highest BCUT2D eigenvalue weighted by molar-refractivity contribution is 5.93. The van der Waals surface area contributed by atoms with E-state index in [2.05, 4.69) is 30.9 Å². The third-order valence-corrected chi connectivity index (χ3v) is 10.3. The molecule has 2 unspecified atom stereocenters. The summed E-state index contributed by atoms with van der Waals surface area (Å²) in [4.78, 5) is 2.10. The molecule has 7 nitrogen and oxygen atoms in total. The van der Waals surface area contributed by atoms with Gasteiger partial charge in [-0.3, -0.25) is 0 Å². The molecule has 0 saturated heterocycles. The molecule has 0 fully saturated rings. The maximum atomic E-state index is 9.91. The van der Waals surface area contributed by atoms with Crippen molar-refractivity contribution in [3.8, 4) is 23.0 Å². The van der Waals surface area contributed by atoms with Gasteiger partial charge in [0, 0.05) is 19.8 Å². The van der Waals surface area contributed by atoms with E-state index >= 15 is 0 Å². The van der Waals surface area contributed by atoms with Crippen molar-refractivity contribution in [2.24, 2.45) is 10.8 Å². The molecule has 0 bridgehead atoms. The number of aliphatic hydroxyl groups is 2. The lowest BCUT2D eigenvalue weighted by Gasteiger charge is -2.35. The van der Waals surface area contributed by atoms with Crippen LogP contribution in [0.25, 0.3) is 22.3 Å². The van der Waals surface area contributed by atoms with Crippen LogP contribution < -0.4 is 4.74 Å². The molecule has 0 radical (unpaired) electrons. The molecular formula is C44H53NO6. The van der Waals surface area contributed by atoms with E-state index in [1.165, 1.54) is 27.9 Å². The van der Waals surface area contributed by atoms with Crippen LogP contribution in [0, 0.1) is 10.8 Å². The van der Waals surface area contributed by atoms with Crippen LogP contribution in [0.3, 0.4) is 0 Å². The Hall–Kier alpha value is -4.56. The predicted octanol–water partition coefficient (Wildman–Crippen LogP) is 8.62. The van der Waals surface area contributed by atoms with Crippen LogP contribution in [0.4, 0.5) is 0 Å². The molecule has 2 aliphatic rings. The van der Waals surface area contributed by atoms with Gasteiger partial charge in [0.25, 0.3) is 0 Å². The van der Waals surface area contributed by atoms with E-state index in [0.717, 1.165) is 67.5 Å². The molecule has 0 amide bonds. The number of aromatic hydroxyl groups is 3. The van der Waals surface area contributed by atoms with Gasteiger partial charge in [0.15, 0.2) is 0 Å². The number of hydrogen-bond donors (Lipinski definition) is 5. The smallest absolute Gasteiger partial charge is 0.119 e. The Bertz CT molecular complexity index is 1790. The highest BCUT2D eigenvalue weighted by atomic mass is 16.5. The summed E-state index contributed by atoms with van der Waals surface area (Å²) in [5, 5.41) is 48.3. The second-order valence-electron chi connectivity index (χ2n) is 15.0. The van der Waals surface area contributed by atoms with Gasteiger partial charge in [-0.2, -0.15) is 0 Å². The van der Waals surface area contributed by atoms with Gasteiger partial charge >= 0.3 is 0 Å². The second-order valence-corrected chi connectivity index (χ2v) is 15.0. The molecule has 0 heterocycles. The Morgan fingerprint density at radius 2 is 0.863 bits per heavy atom. The first kappa shape index (κ1) is 37.7. The van der Waals surface area contributed by atoms with E-state index in [4.69, 9.17) is 4.74 Å². The third kappa shape index (κ3) is 9.82. The van der Waals surface area contributed by atoms with Crippen LogP contribution in [0.5, 0.6) is 23.0 Å². The molecule has 0 saturated carbocycles. The first-order valence-corrected chi connectivity index (χ1v) is 17.8. The molecule has 0 spiro atoms. The Balaban J connectivity index is 0.000000201. The highest BCUT2D eigenvalue weighted by Gasteiger charge is 2.33. The average Bonchev–Trinajstić information content (AvgIpc) is 3.13. The standard InChI is InChI=1S/C24H31NO3.C20H22O3/c1-24(17-26)13-12-22(18-4-8-20(27)9-5-18)23(16-24)19-6-10-21(11-7-19)28-15-14-25(2)3;1-20(13-21)11-10-18(14-2-6-16(22)7-3-14)19(12-20)15-4-8-17(23)9-5-15/h4-11,26-27H,12-17H2,1-3H3;2-9,21-23H,10-13H2,1H3. The third-order valence-electron chi connectivity index (χ3n) is 10.3. The minimum absolute atomic E-state index is 0.101. The fourth-order valence-electron chi connectivity index (χ4n) is 6.94. The summed E-state index contributed by atoms with van der Waals surface area (Å²) < 4.78 is 5.82. The molecule has 6 rings (SSSR count). The fraction of sp³-hybridized carbons (Fsp3) is 0.364. The summed E-state index contributed by atoms with van der Waals surface area (Å²) in [5.41, 5.74) is 9.29. The maximum Gasteiger partial charge on any atom is 0.119 e. The number of likely N-dealkylation sites (N-methyl/N-ethyl adjacent to an activating group) is 1. The number of ether oxygens (including phenoxy) is 1. The van der Waals surface area contributed by atoms with Crippen molar-refractivity contribution in [2.45, 2.75) is 52.4 Å². The molecule has 5 N–H and O–H groups in total. The lowest BCUT2D eigenvalue weighted by molar-refractivity contribution is 0.136. The molecule has 7 heteroatoms. The lowest BCUT2D eigenvalue weighted by Crippen LogP contribution is -2.25. The first-order chi connectivity index (χ1) is 24.4. The first-order valence-electron chi connectivity index (χ1n) is 17.8. The van der Waals surface area contributed by atoms with Crippen LogP contribution in [-0.2, 0) is 0 Å². The van der Waals surface area contributed by atoms with Crippen LogP contribution in [0.15, 0.2) is 97.1 Å². The summed E-state index contributed by atoms with van der Waals surface area (Å²) in [7, 11) is 4.07. The van der Waals surface area contributed by atoms with E-state index in [0.29, 0.717) is 6.61 Å². The quantitative estimate of drug-likeness (QED) is 0.113. The second kappa shape index (κ2) is 16.6. The zero-order chi connectivity index (χ0) is 36.6. The summed E-state index contributed by atoms with van der Waals surface area (Å²) in [5.74, 6) is 1.66. The topological polar surface area (TPSA) is 114 Å². The number of aliphatic hydroxyl groups excluding tert-OH is 2. The van der Waals surface area contributed by atoms with E-state index in [9.17, 15) is 25.5 Å². The normalized spacial score (nSPS) is 20.6. The molecular weight excluding hydrogens is 638 g/mol. The number of benzene rings is 4.